The Balaban J connectivity index is 2.06. The van der Waals surface area contributed by atoms with Gasteiger partial charge in [0.05, 0.1) is 11.4 Å². The third-order valence-corrected chi connectivity index (χ3v) is 3.57. The first-order valence-electron chi connectivity index (χ1n) is 5.57. The summed E-state index contributed by atoms with van der Waals surface area (Å²) < 4.78 is 1.82. The second-order valence-electron chi connectivity index (χ2n) is 3.99. The van der Waals surface area contributed by atoms with Gasteiger partial charge in [-0.05, 0) is 6.92 Å². The Kier molecular flexibility index (Phi) is 2.60. The second kappa shape index (κ2) is 4.27. The van der Waals surface area contributed by atoms with Gasteiger partial charge in [0.2, 0.25) is 5.95 Å². The molecule has 0 saturated carbocycles. The smallest absolute Gasteiger partial charge is 0.207 e. The quantitative estimate of drug-likeness (QED) is 0.767. The maximum Gasteiger partial charge on any atom is 0.207 e. The third-order valence-electron chi connectivity index (χ3n) is 2.62. The average molecular weight is 256 g/mol. The van der Waals surface area contributed by atoms with Gasteiger partial charge in [0.15, 0.2) is 5.13 Å². The molecule has 0 aliphatic carbocycles. The summed E-state index contributed by atoms with van der Waals surface area (Å²) in [7, 11) is 0. The molecule has 0 aliphatic rings. The van der Waals surface area contributed by atoms with Crippen LogP contribution < -0.4 is 5.73 Å². The Bertz CT molecular complexity index is 669. The molecule has 3 rings (SSSR count). The summed E-state index contributed by atoms with van der Waals surface area (Å²) in [5, 5.41) is 2.84. The minimum Gasteiger partial charge on any atom is -0.369 e. The molecule has 0 amide bonds. The molecule has 2 heterocycles. The molecule has 2 N–H and O–H groups in total. The minimum absolute atomic E-state index is 0.461. The van der Waals surface area contributed by atoms with E-state index in [0.717, 1.165) is 22.1 Å². The van der Waals surface area contributed by atoms with Crippen LogP contribution in [0, 0.1) is 6.92 Å². The lowest BCUT2D eigenvalue weighted by molar-refractivity contribution is 1.03. The van der Waals surface area contributed by atoms with Crippen molar-refractivity contribution in [2.45, 2.75) is 6.92 Å². The summed E-state index contributed by atoms with van der Waals surface area (Å²) in [6.45, 7) is 1.96. The molecule has 90 valence electrons. The highest BCUT2D eigenvalue weighted by atomic mass is 32.1. The van der Waals surface area contributed by atoms with Crippen LogP contribution >= 0.6 is 11.3 Å². The molecular formula is C13H12N4S. The van der Waals surface area contributed by atoms with Gasteiger partial charge in [-0.1, -0.05) is 30.3 Å². The van der Waals surface area contributed by atoms with E-state index in [2.05, 4.69) is 9.97 Å². The summed E-state index contributed by atoms with van der Waals surface area (Å²) in [5.41, 5.74) is 8.84. The molecule has 0 fully saturated rings. The summed E-state index contributed by atoms with van der Waals surface area (Å²) in [5.74, 6) is 0.461. The van der Waals surface area contributed by atoms with Gasteiger partial charge < -0.3 is 5.73 Å². The number of aryl methyl sites for hydroxylation is 1. The van der Waals surface area contributed by atoms with Gasteiger partial charge in [-0.25, -0.2) is 9.97 Å². The predicted octanol–water partition coefficient (Wildman–Crippen LogP) is 2.89. The molecule has 4 nitrogen and oxygen atoms in total. The Morgan fingerprint density at radius 3 is 2.61 bits per heavy atom. The van der Waals surface area contributed by atoms with Crippen LogP contribution in [0.15, 0.2) is 41.9 Å². The number of anilines is 1. The number of hydrogen-bond acceptors (Lipinski definition) is 4. The van der Waals surface area contributed by atoms with Gasteiger partial charge in [-0.15, -0.1) is 11.3 Å². The van der Waals surface area contributed by atoms with Gasteiger partial charge in [0.1, 0.15) is 0 Å². The van der Waals surface area contributed by atoms with Crippen molar-refractivity contribution in [3.8, 4) is 16.4 Å². The van der Waals surface area contributed by atoms with Crippen molar-refractivity contribution < 1.29 is 0 Å². The largest absolute Gasteiger partial charge is 0.369 e. The van der Waals surface area contributed by atoms with E-state index in [-0.39, 0.29) is 0 Å². The van der Waals surface area contributed by atoms with E-state index in [9.17, 15) is 0 Å². The predicted molar refractivity (Wildman–Crippen MR) is 73.8 cm³/mol. The van der Waals surface area contributed by atoms with Gasteiger partial charge in [-0.3, -0.25) is 4.57 Å². The number of nitrogens with two attached hydrogens (primary N) is 1. The molecule has 3 aromatic rings. The number of rotatable bonds is 2. The van der Waals surface area contributed by atoms with E-state index < -0.39 is 0 Å². The zero-order valence-corrected chi connectivity index (χ0v) is 10.7. The highest BCUT2D eigenvalue weighted by molar-refractivity contribution is 7.12. The topological polar surface area (TPSA) is 56.7 Å². The second-order valence-corrected chi connectivity index (χ2v) is 4.83. The molecule has 18 heavy (non-hydrogen) atoms. The Labute approximate surface area is 109 Å². The highest BCUT2D eigenvalue weighted by Gasteiger charge is 2.10. The molecule has 0 unspecified atom stereocenters. The first-order valence-corrected chi connectivity index (χ1v) is 6.45. The van der Waals surface area contributed by atoms with Crippen molar-refractivity contribution in [1.29, 1.82) is 0 Å². The van der Waals surface area contributed by atoms with Crippen molar-refractivity contribution in [3.05, 3.63) is 47.6 Å². The molecule has 0 radical (unpaired) electrons. The van der Waals surface area contributed by atoms with Crippen molar-refractivity contribution in [2.75, 3.05) is 5.73 Å². The number of benzene rings is 1. The normalized spacial score (nSPS) is 10.7. The van der Waals surface area contributed by atoms with Gasteiger partial charge in [-0.2, -0.15) is 0 Å². The molecule has 2 aromatic heterocycles. The van der Waals surface area contributed by atoms with Crippen LogP contribution in [0.25, 0.3) is 16.4 Å². The number of imidazole rings is 1. The fourth-order valence-electron chi connectivity index (χ4n) is 1.75. The van der Waals surface area contributed by atoms with Gasteiger partial charge in [0.25, 0.3) is 0 Å². The van der Waals surface area contributed by atoms with E-state index in [0.29, 0.717) is 5.95 Å². The Morgan fingerprint density at radius 2 is 1.94 bits per heavy atom. The number of nitrogen functional groups attached to an aromatic ring is 1. The zero-order chi connectivity index (χ0) is 12.5. The molecule has 0 aliphatic heterocycles. The van der Waals surface area contributed by atoms with E-state index in [1.807, 2.05) is 53.4 Å². The monoisotopic (exact) mass is 256 g/mol. The maximum atomic E-state index is 5.94. The number of hydrogen-bond donors (Lipinski definition) is 1. The van der Waals surface area contributed by atoms with Crippen LogP contribution in [-0.2, 0) is 0 Å². The van der Waals surface area contributed by atoms with E-state index in [1.54, 1.807) is 11.3 Å². The molecule has 0 bridgehead atoms. The Hall–Kier alpha value is -2.14. The lowest BCUT2D eigenvalue weighted by Crippen LogP contribution is -1.98. The fourth-order valence-corrected chi connectivity index (χ4v) is 2.53. The minimum atomic E-state index is 0.461. The maximum absolute atomic E-state index is 5.94. The van der Waals surface area contributed by atoms with Gasteiger partial charge >= 0.3 is 0 Å². The number of nitrogens with zero attached hydrogens (tertiary/aromatic N) is 3. The molecule has 1 aromatic carbocycles. The van der Waals surface area contributed by atoms with Crippen LogP contribution in [-0.4, -0.2) is 14.5 Å². The van der Waals surface area contributed by atoms with E-state index in [1.165, 1.54) is 0 Å². The molecule has 0 saturated heterocycles. The Morgan fingerprint density at radius 1 is 1.17 bits per heavy atom. The molecule has 0 spiro atoms. The SMILES string of the molecule is Cc1csc(-n2cc(-c3ccccc3)nc2N)n1. The van der Waals surface area contributed by atoms with E-state index in [4.69, 9.17) is 5.73 Å². The lowest BCUT2D eigenvalue weighted by Gasteiger charge is -1.96. The molecule has 5 heteroatoms. The van der Waals surface area contributed by atoms with Gasteiger partial charge in [0, 0.05) is 17.1 Å². The van der Waals surface area contributed by atoms with Crippen molar-refractivity contribution in [3.63, 3.8) is 0 Å². The van der Waals surface area contributed by atoms with Crippen LogP contribution in [0.5, 0.6) is 0 Å². The molecular weight excluding hydrogens is 244 g/mol. The van der Waals surface area contributed by atoms with Crippen molar-refractivity contribution >= 4 is 17.3 Å². The van der Waals surface area contributed by atoms with Crippen LogP contribution in [0.3, 0.4) is 0 Å². The first kappa shape index (κ1) is 11.0. The summed E-state index contributed by atoms with van der Waals surface area (Å²) in [6, 6.07) is 9.97. The van der Waals surface area contributed by atoms with Crippen LogP contribution in [0.2, 0.25) is 0 Å². The average Bonchev–Trinajstić information content (AvgIpc) is 2.97. The van der Waals surface area contributed by atoms with Crippen LogP contribution in [0.4, 0.5) is 5.95 Å². The van der Waals surface area contributed by atoms with Crippen molar-refractivity contribution in [1.82, 2.24) is 14.5 Å². The lowest BCUT2D eigenvalue weighted by atomic mass is 10.2. The third kappa shape index (κ3) is 1.89. The number of aromatic nitrogens is 3. The first-order chi connectivity index (χ1) is 8.74. The summed E-state index contributed by atoms with van der Waals surface area (Å²) >= 11 is 1.56. The highest BCUT2D eigenvalue weighted by Crippen LogP contribution is 2.24. The fraction of sp³-hybridized carbons (Fsp3) is 0.0769. The number of thiazole rings is 1. The zero-order valence-electron chi connectivity index (χ0n) is 9.87. The van der Waals surface area contributed by atoms with E-state index >= 15 is 0 Å². The van der Waals surface area contributed by atoms with Crippen LogP contribution in [0.1, 0.15) is 5.69 Å². The van der Waals surface area contributed by atoms with Crippen molar-refractivity contribution in [2.24, 2.45) is 0 Å². The summed E-state index contributed by atoms with van der Waals surface area (Å²) in [4.78, 5) is 8.78. The molecule has 0 atom stereocenters. The summed E-state index contributed by atoms with van der Waals surface area (Å²) in [6.07, 6.45) is 1.92. The standard InChI is InChI=1S/C13H12N4S/c1-9-8-18-13(15-9)17-7-11(16-12(17)14)10-5-3-2-4-6-10/h2-8H,1H3,(H2,14,16).